The van der Waals surface area contributed by atoms with Gasteiger partial charge >= 0.3 is 0 Å². The van der Waals surface area contributed by atoms with Crippen LogP contribution >= 0.6 is 0 Å². The molecule has 2 aliphatic rings. The van der Waals surface area contributed by atoms with Gasteiger partial charge in [0.2, 0.25) is 12.7 Å². The summed E-state index contributed by atoms with van der Waals surface area (Å²) in [5, 5.41) is 3.34. The zero-order chi connectivity index (χ0) is 14.2. The zero-order valence-electron chi connectivity index (χ0n) is 11.6. The summed E-state index contributed by atoms with van der Waals surface area (Å²) >= 11 is 0. The number of benzene rings is 1. The first kappa shape index (κ1) is 12.3. The van der Waals surface area contributed by atoms with E-state index in [1.165, 1.54) is 0 Å². The molecule has 3 N–H and O–H groups in total. The molecule has 3 heterocycles. The molecule has 0 amide bonds. The molecule has 1 aromatic heterocycles. The van der Waals surface area contributed by atoms with Gasteiger partial charge in [-0.1, -0.05) is 0 Å². The Morgan fingerprint density at radius 2 is 2.00 bits per heavy atom. The molecule has 21 heavy (non-hydrogen) atoms. The molecule has 0 saturated heterocycles. The number of fused-ring (bicyclic) bond motifs is 2. The van der Waals surface area contributed by atoms with Crippen LogP contribution in [-0.2, 0) is 6.42 Å². The van der Waals surface area contributed by atoms with Crippen molar-refractivity contribution >= 4 is 11.8 Å². The van der Waals surface area contributed by atoms with E-state index in [9.17, 15) is 0 Å². The normalized spacial score (nSPS) is 16.0. The fourth-order valence-electron chi connectivity index (χ4n) is 2.80. The molecule has 4 rings (SSSR count). The SMILES string of the molecule is Nc1nc2c(c(-c3ccc4c(c3)OCO4)n1)CCCCN2. The van der Waals surface area contributed by atoms with Gasteiger partial charge in [-0.15, -0.1) is 0 Å². The van der Waals surface area contributed by atoms with E-state index in [0.29, 0.717) is 0 Å². The minimum absolute atomic E-state index is 0.268. The molecule has 0 bridgehead atoms. The third-order valence-corrected chi connectivity index (χ3v) is 3.82. The largest absolute Gasteiger partial charge is 0.454 e. The molecule has 0 fully saturated rings. The van der Waals surface area contributed by atoms with Crippen molar-refractivity contribution in [2.24, 2.45) is 0 Å². The van der Waals surface area contributed by atoms with Crippen LogP contribution in [0.1, 0.15) is 18.4 Å². The summed E-state index contributed by atoms with van der Waals surface area (Å²) in [6, 6.07) is 5.85. The van der Waals surface area contributed by atoms with E-state index in [0.717, 1.165) is 59.9 Å². The molecule has 0 spiro atoms. The summed E-state index contributed by atoms with van der Waals surface area (Å²) in [6.45, 7) is 1.19. The van der Waals surface area contributed by atoms with Crippen LogP contribution in [0.2, 0.25) is 0 Å². The van der Waals surface area contributed by atoms with Gasteiger partial charge < -0.3 is 20.5 Å². The maximum absolute atomic E-state index is 5.87. The van der Waals surface area contributed by atoms with Gasteiger partial charge in [-0.3, -0.25) is 0 Å². The number of hydrogen-bond donors (Lipinski definition) is 2. The van der Waals surface area contributed by atoms with E-state index in [-0.39, 0.29) is 12.7 Å². The molecule has 6 heteroatoms. The lowest BCUT2D eigenvalue weighted by atomic mass is 10.0. The first-order valence-electron chi connectivity index (χ1n) is 7.11. The van der Waals surface area contributed by atoms with Crippen LogP contribution in [0, 0.1) is 0 Å². The lowest BCUT2D eigenvalue weighted by Gasteiger charge is -2.13. The van der Waals surface area contributed by atoms with E-state index < -0.39 is 0 Å². The summed E-state index contributed by atoms with van der Waals surface area (Å²) in [7, 11) is 0. The molecular weight excluding hydrogens is 268 g/mol. The number of nitrogen functional groups attached to an aromatic ring is 1. The van der Waals surface area contributed by atoms with Gasteiger partial charge in [-0.2, -0.15) is 4.98 Å². The number of hydrogen-bond acceptors (Lipinski definition) is 6. The Bertz CT molecular complexity index is 702. The Morgan fingerprint density at radius 3 is 2.95 bits per heavy atom. The Balaban J connectivity index is 1.86. The van der Waals surface area contributed by atoms with Crippen LogP contribution in [0.3, 0.4) is 0 Å². The van der Waals surface area contributed by atoms with Crippen LogP contribution in [0.4, 0.5) is 11.8 Å². The molecule has 0 atom stereocenters. The smallest absolute Gasteiger partial charge is 0.231 e. The number of aromatic nitrogens is 2. The maximum atomic E-state index is 5.87. The van der Waals surface area contributed by atoms with Crippen molar-refractivity contribution in [2.45, 2.75) is 19.3 Å². The summed E-state index contributed by atoms with van der Waals surface area (Å²) in [5.74, 6) is 2.66. The van der Waals surface area contributed by atoms with Gasteiger partial charge in [-0.05, 0) is 37.5 Å². The Kier molecular flexibility index (Phi) is 2.80. The fraction of sp³-hybridized carbons (Fsp3) is 0.333. The number of nitrogens with one attached hydrogen (secondary N) is 1. The molecule has 108 valence electrons. The molecule has 2 aromatic rings. The predicted molar refractivity (Wildman–Crippen MR) is 79.4 cm³/mol. The number of ether oxygens (including phenoxy) is 2. The lowest BCUT2D eigenvalue weighted by molar-refractivity contribution is 0.174. The van der Waals surface area contributed by atoms with Gasteiger partial charge in [0.1, 0.15) is 5.82 Å². The number of nitrogens with zero attached hydrogens (tertiary/aromatic N) is 2. The maximum Gasteiger partial charge on any atom is 0.231 e. The topological polar surface area (TPSA) is 82.3 Å². The minimum atomic E-state index is 0.268. The second kappa shape index (κ2) is 4.80. The summed E-state index contributed by atoms with van der Waals surface area (Å²) in [6.07, 6.45) is 3.19. The highest BCUT2D eigenvalue weighted by molar-refractivity contribution is 5.72. The van der Waals surface area contributed by atoms with Crippen LogP contribution in [-0.4, -0.2) is 23.3 Å². The van der Waals surface area contributed by atoms with Gasteiger partial charge in [-0.25, -0.2) is 4.98 Å². The molecule has 0 radical (unpaired) electrons. The van der Waals surface area contributed by atoms with Crippen molar-refractivity contribution in [1.29, 1.82) is 0 Å². The molecule has 0 aliphatic carbocycles. The lowest BCUT2D eigenvalue weighted by Crippen LogP contribution is -2.07. The highest BCUT2D eigenvalue weighted by Gasteiger charge is 2.20. The van der Waals surface area contributed by atoms with E-state index in [1.54, 1.807) is 0 Å². The van der Waals surface area contributed by atoms with Gasteiger partial charge in [0.05, 0.1) is 5.69 Å². The van der Waals surface area contributed by atoms with Gasteiger partial charge in [0.25, 0.3) is 0 Å². The van der Waals surface area contributed by atoms with Crippen molar-refractivity contribution < 1.29 is 9.47 Å². The fourth-order valence-corrected chi connectivity index (χ4v) is 2.80. The molecule has 0 unspecified atom stereocenters. The van der Waals surface area contributed by atoms with Crippen molar-refractivity contribution in [2.75, 3.05) is 24.4 Å². The average Bonchev–Trinajstić information content (AvgIpc) is 2.83. The van der Waals surface area contributed by atoms with Crippen molar-refractivity contribution in [3.05, 3.63) is 23.8 Å². The highest BCUT2D eigenvalue weighted by atomic mass is 16.7. The first-order chi connectivity index (χ1) is 10.3. The quantitative estimate of drug-likeness (QED) is 0.835. The third-order valence-electron chi connectivity index (χ3n) is 3.82. The monoisotopic (exact) mass is 284 g/mol. The van der Waals surface area contributed by atoms with Crippen LogP contribution < -0.4 is 20.5 Å². The van der Waals surface area contributed by atoms with Crippen LogP contribution in [0.25, 0.3) is 11.3 Å². The van der Waals surface area contributed by atoms with Crippen molar-refractivity contribution in [3.8, 4) is 22.8 Å². The molecule has 1 aromatic carbocycles. The van der Waals surface area contributed by atoms with Gasteiger partial charge in [0, 0.05) is 17.7 Å². The highest BCUT2D eigenvalue weighted by Crippen LogP contribution is 2.38. The van der Waals surface area contributed by atoms with Crippen LogP contribution in [0.5, 0.6) is 11.5 Å². The van der Waals surface area contributed by atoms with E-state index in [2.05, 4.69) is 15.3 Å². The van der Waals surface area contributed by atoms with E-state index in [1.807, 2.05) is 18.2 Å². The average molecular weight is 284 g/mol. The summed E-state index contributed by atoms with van der Waals surface area (Å²) in [5.41, 5.74) is 8.85. The van der Waals surface area contributed by atoms with Crippen molar-refractivity contribution in [3.63, 3.8) is 0 Å². The number of rotatable bonds is 1. The second-order valence-corrected chi connectivity index (χ2v) is 5.21. The molecular formula is C15H16N4O2. The second-order valence-electron chi connectivity index (χ2n) is 5.21. The molecule has 0 saturated carbocycles. The number of nitrogens with two attached hydrogens (primary N) is 1. The summed E-state index contributed by atoms with van der Waals surface area (Å²) < 4.78 is 10.8. The number of anilines is 2. The molecule has 2 aliphatic heterocycles. The standard InChI is InChI=1S/C15H16N4O2/c16-15-18-13(10-3-1-2-6-17-14(10)19-15)9-4-5-11-12(7-9)21-8-20-11/h4-5,7H,1-3,6,8H2,(H3,16,17,18,19). The first-order valence-corrected chi connectivity index (χ1v) is 7.11. The molecule has 6 nitrogen and oxygen atoms in total. The van der Waals surface area contributed by atoms with E-state index in [4.69, 9.17) is 15.2 Å². The van der Waals surface area contributed by atoms with Crippen molar-refractivity contribution in [1.82, 2.24) is 9.97 Å². The Labute approximate surface area is 122 Å². The third kappa shape index (κ3) is 2.12. The van der Waals surface area contributed by atoms with Crippen LogP contribution in [0.15, 0.2) is 18.2 Å². The van der Waals surface area contributed by atoms with E-state index >= 15 is 0 Å². The summed E-state index contributed by atoms with van der Waals surface area (Å²) in [4.78, 5) is 8.79. The minimum Gasteiger partial charge on any atom is -0.454 e. The predicted octanol–water partition coefficient (Wildman–Crippen LogP) is 2.20. The Hall–Kier alpha value is -2.50. The van der Waals surface area contributed by atoms with Gasteiger partial charge in [0.15, 0.2) is 11.5 Å². The zero-order valence-corrected chi connectivity index (χ0v) is 11.6. The Morgan fingerprint density at radius 1 is 1.10 bits per heavy atom.